The zero-order chi connectivity index (χ0) is 13.1. The molecule has 0 spiro atoms. The molecule has 0 aliphatic rings. The van der Waals surface area contributed by atoms with Gasteiger partial charge in [-0.1, -0.05) is 24.9 Å². The number of carboxylic acids is 1. The number of carbonyl (C=O) groups is 1. The van der Waals surface area contributed by atoms with Crippen molar-refractivity contribution in [2.75, 3.05) is 0 Å². The number of hydrogen-bond acceptors (Lipinski definition) is 2. The first-order chi connectivity index (χ1) is 8.63. The largest absolute Gasteiger partial charge is 0.478 e. The maximum Gasteiger partial charge on any atom is 0.336 e. The van der Waals surface area contributed by atoms with Gasteiger partial charge in [-0.15, -0.1) is 0 Å². The van der Waals surface area contributed by atoms with E-state index >= 15 is 0 Å². The number of fused-ring (bicyclic) bond motifs is 1. The fourth-order valence-electron chi connectivity index (χ4n) is 2.02. The third-order valence-corrected chi connectivity index (χ3v) is 3.16. The fourth-order valence-corrected chi connectivity index (χ4v) is 2.19. The van der Waals surface area contributed by atoms with E-state index in [9.17, 15) is 9.90 Å². The minimum Gasteiger partial charge on any atom is -0.478 e. The maximum absolute atomic E-state index is 11.4. The SMILES string of the molecule is CCCCc1cnc2ccc(Cl)cc2c1C(=O)O. The number of nitrogens with zero attached hydrogens (tertiary/aromatic N) is 1. The Bertz CT molecular complexity index is 596. The lowest BCUT2D eigenvalue weighted by atomic mass is 10.00. The summed E-state index contributed by atoms with van der Waals surface area (Å²) < 4.78 is 0. The average Bonchev–Trinajstić information content (AvgIpc) is 2.34. The summed E-state index contributed by atoms with van der Waals surface area (Å²) in [6.07, 6.45) is 4.36. The highest BCUT2D eigenvalue weighted by atomic mass is 35.5. The lowest BCUT2D eigenvalue weighted by Crippen LogP contribution is -2.05. The van der Waals surface area contributed by atoms with Crippen LogP contribution in [0.1, 0.15) is 35.7 Å². The summed E-state index contributed by atoms with van der Waals surface area (Å²) in [6, 6.07) is 5.13. The van der Waals surface area contributed by atoms with Gasteiger partial charge in [-0.2, -0.15) is 0 Å². The van der Waals surface area contributed by atoms with E-state index in [0.29, 0.717) is 21.5 Å². The van der Waals surface area contributed by atoms with E-state index in [4.69, 9.17) is 11.6 Å². The zero-order valence-corrected chi connectivity index (χ0v) is 10.9. The molecular formula is C14H14ClNO2. The van der Waals surface area contributed by atoms with Crippen LogP contribution in [0.3, 0.4) is 0 Å². The molecule has 1 aromatic carbocycles. The Kier molecular flexibility index (Phi) is 3.82. The van der Waals surface area contributed by atoms with Crippen LogP contribution in [-0.4, -0.2) is 16.1 Å². The van der Waals surface area contributed by atoms with Crippen LogP contribution in [0, 0.1) is 0 Å². The minimum atomic E-state index is -0.921. The van der Waals surface area contributed by atoms with Crippen molar-refractivity contribution in [3.63, 3.8) is 0 Å². The van der Waals surface area contributed by atoms with Crippen molar-refractivity contribution in [2.24, 2.45) is 0 Å². The summed E-state index contributed by atoms with van der Waals surface area (Å²) in [5, 5.41) is 10.5. The van der Waals surface area contributed by atoms with Crippen LogP contribution in [0.25, 0.3) is 10.9 Å². The van der Waals surface area contributed by atoms with Crippen LogP contribution in [0.2, 0.25) is 5.02 Å². The highest BCUT2D eigenvalue weighted by Gasteiger charge is 2.15. The molecule has 1 heterocycles. The number of carboxylic acid groups (broad SMARTS) is 1. The van der Waals surface area contributed by atoms with Gasteiger partial charge in [0.05, 0.1) is 11.1 Å². The second-order valence-electron chi connectivity index (χ2n) is 4.23. The number of unbranched alkanes of at least 4 members (excludes halogenated alkanes) is 1. The van der Waals surface area contributed by atoms with E-state index in [1.165, 1.54) is 0 Å². The summed E-state index contributed by atoms with van der Waals surface area (Å²) in [5.74, 6) is -0.921. The van der Waals surface area contributed by atoms with Gasteiger partial charge >= 0.3 is 5.97 Å². The molecule has 0 radical (unpaired) electrons. The summed E-state index contributed by atoms with van der Waals surface area (Å²) >= 11 is 5.93. The second kappa shape index (κ2) is 5.36. The van der Waals surface area contributed by atoms with Gasteiger partial charge in [-0.25, -0.2) is 4.79 Å². The van der Waals surface area contributed by atoms with Crippen LogP contribution in [0.4, 0.5) is 0 Å². The lowest BCUT2D eigenvalue weighted by Gasteiger charge is -2.09. The maximum atomic E-state index is 11.4. The molecular weight excluding hydrogens is 250 g/mol. The Morgan fingerprint density at radius 2 is 2.22 bits per heavy atom. The minimum absolute atomic E-state index is 0.330. The molecule has 0 aliphatic carbocycles. The van der Waals surface area contributed by atoms with Gasteiger partial charge < -0.3 is 5.11 Å². The topological polar surface area (TPSA) is 50.2 Å². The third kappa shape index (κ3) is 2.46. The van der Waals surface area contributed by atoms with Crippen molar-refractivity contribution in [2.45, 2.75) is 26.2 Å². The summed E-state index contributed by atoms with van der Waals surface area (Å²) in [7, 11) is 0. The van der Waals surface area contributed by atoms with Crippen molar-refractivity contribution in [3.05, 3.63) is 40.5 Å². The van der Waals surface area contributed by atoms with E-state index < -0.39 is 5.97 Å². The van der Waals surface area contributed by atoms with E-state index in [-0.39, 0.29) is 0 Å². The average molecular weight is 264 g/mol. The number of hydrogen-bond donors (Lipinski definition) is 1. The molecule has 0 atom stereocenters. The first kappa shape index (κ1) is 12.8. The van der Waals surface area contributed by atoms with Crippen LogP contribution in [0.5, 0.6) is 0 Å². The van der Waals surface area contributed by atoms with Crippen LogP contribution in [0.15, 0.2) is 24.4 Å². The molecule has 0 bridgehead atoms. The molecule has 1 N–H and O–H groups in total. The van der Waals surface area contributed by atoms with Gasteiger partial charge in [-0.3, -0.25) is 4.98 Å². The number of aryl methyl sites for hydroxylation is 1. The molecule has 0 aliphatic heterocycles. The van der Waals surface area contributed by atoms with E-state index in [2.05, 4.69) is 11.9 Å². The van der Waals surface area contributed by atoms with E-state index in [1.807, 2.05) is 0 Å². The first-order valence-electron chi connectivity index (χ1n) is 5.94. The van der Waals surface area contributed by atoms with Gasteiger partial charge in [0.15, 0.2) is 0 Å². The molecule has 1 aromatic heterocycles. The Morgan fingerprint density at radius 3 is 2.89 bits per heavy atom. The van der Waals surface area contributed by atoms with E-state index in [1.54, 1.807) is 24.4 Å². The number of aromatic carboxylic acids is 1. The van der Waals surface area contributed by atoms with Gasteiger partial charge in [0.1, 0.15) is 0 Å². The lowest BCUT2D eigenvalue weighted by molar-refractivity contribution is 0.0698. The van der Waals surface area contributed by atoms with Gasteiger partial charge in [0.25, 0.3) is 0 Å². The Morgan fingerprint density at radius 1 is 1.44 bits per heavy atom. The smallest absolute Gasteiger partial charge is 0.336 e. The number of pyridine rings is 1. The van der Waals surface area contributed by atoms with Crippen LogP contribution >= 0.6 is 11.6 Å². The number of aromatic nitrogens is 1. The normalized spacial score (nSPS) is 10.8. The van der Waals surface area contributed by atoms with Crippen LogP contribution < -0.4 is 0 Å². The Hall–Kier alpha value is -1.61. The molecule has 4 heteroatoms. The molecule has 2 rings (SSSR count). The quantitative estimate of drug-likeness (QED) is 0.909. The standard InChI is InChI=1S/C14H14ClNO2/c1-2-3-4-9-8-16-12-6-5-10(15)7-11(12)13(9)14(17)18/h5-8H,2-4H2,1H3,(H,17,18). The monoisotopic (exact) mass is 263 g/mol. The van der Waals surface area contributed by atoms with Crippen molar-refractivity contribution < 1.29 is 9.90 Å². The fraction of sp³-hybridized carbons (Fsp3) is 0.286. The number of rotatable bonds is 4. The molecule has 0 fully saturated rings. The van der Waals surface area contributed by atoms with Crippen molar-refractivity contribution >= 4 is 28.5 Å². The molecule has 0 saturated heterocycles. The molecule has 0 saturated carbocycles. The Labute approximate surface area is 110 Å². The predicted molar refractivity (Wildman–Crippen MR) is 72.3 cm³/mol. The van der Waals surface area contributed by atoms with Gasteiger partial charge in [-0.05, 0) is 36.6 Å². The highest BCUT2D eigenvalue weighted by molar-refractivity contribution is 6.31. The van der Waals surface area contributed by atoms with Crippen molar-refractivity contribution in [1.82, 2.24) is 4.98 Å². The number of halogens is 1. The van der Waals surface area contributed by atoms with Gasteiger partial charge in [0, 0.05) is 16.6 Å². The Balaban J connectivity index is 2.65. The second-order valence-corrected chi connectivity index (χ2v) is 4.67. The molecule has 0 amide bonds. The molecule has 94 valence electrons. The van der Waals surface area contributed by atoms with E-state index in [0.717, 1.165) is 24.8 Å². The first-order valence-corrected chi connectivity index (χ1v) is 6.31. The molecule has 18 heavy (non-hydrogen) atoms. The summed E-state index contributed by atoms with van der Waals surface area (Å²) in [4.78, 5) is 15.7. The third-order valence-electron chi connectivity index (χ3n) is 2.92. The number of benzene rings is 1. The molecule has 3 nitrogen and oxygen atoms in total. The summed E-state index contributed by atoms with van der Waals surface area (Å²) in [5.41, 5.74) is 1.77. The van der Waals surface area contributed by atoms with Gasteiger partial charge in [0.2, 0.25) is 0 Å². The zero-order valence-electron chi connectivity index (χ0n) is 10.1. The van der Waals surface area contributed by atoms with Crippen molar-refractivity contribution in [3.8, 4) is 0 Å². The summed E-state index contributed by atoms with van der Waals surface area (Å²) in [6.45, 7) is 2.08. The molecule has 2 aromatic rings. The highest BCUT2D eigenvalue weighted by Crippen LogP contribution is 2.25. The molecule has 0 unspecified atom stereocenters. The van der Waals surface area contributed by atoms with Crippen molar-refractivity contribution in [1.29, 1.82) is 0 Å². The predicted octanol–water partition coefficient (Wildman–Crippen LogP) is 3.93. The van der Waals surface area contributed by atoms with Crippen LogP contribution in [-0.2, 0) is 6.42 Å².